The minimum Gasteiger partial charge on any atom is -0.463 e. The number of carbonyl (C=O) groups excluding carboxylic acids is 3. The van der Waals surface area contributed by atoms with Gasteiger partial charge < -0.3 is 24.8 Å². The van der Waals surface area contributed by atoms with E-state index in [0.717, 1.165) is 16.7 Å². The first-order valence-electron chi connectivity index (χ1n) is 14.2. The first-order valence-corrected chi connectivity index (χ1v) is 14.2. The molecule has 3 atom stereocenters. The van der Waals surface area contributed by atoms with E-state index in [2.05, 4.69) is 18.5 Å². The van der Waals surface area contributed by atoms with Crippen LogP contribution in [0.2, 0.25) is 0 Å². The summed E-state index contributed by atoms with van der Waals surface area (Å²) in [7, 11) is 0. The average Bonchev–Trinajstić information content (AvgIpc) is 2.99. The molecule has 41 heavy (non-hydrogen) atoms. The van der Waals surface area contributed by atoms with E-state index in [4.69, 9.17) is 9.47 Å². The highest BCUT2D eigenvalue weighted by atomic mass is 16.5. The van der Waals surface area contributed by atoms with E-state index in [-0.39, 0.29) is 56.5 Å². The van der Waals surface area contributed by atoms with E-state index >= 15 is 0 Å². The zero-order valence-corrected chi connectivity index (χ0v) is 23.7. The molecule has 8 heteroatoms. The van der Waals surface area contributed by atoms with Gasteiger partial charge in [0.2, 0.25) is 11.8 Å². The van der Waals surface area contributed by atoms with Crippen molar-refractivity contribution >= 4 is 17.8 Å². The van der Waals surface area contributed by atoms with Crippen LogP contribution in [0.5, 0.6) is 0 Å². The molecule has 0 aromatic heterocycles. The Morgan fingerprint density at radius 2 is 1.76 bits per heavy atom. The Kier molecular flexibility index (Phi) is 13.3. The summed E-state index contributed by atoms with van der Waals surface area (Å²) in [6.07, 6.45) is 5.81. The number of aliphatic hydroxyl groups excluding tert-OH is 1. The van der Waals surface area contributed by atoms with Crippen molar-refractivity contribution in [2.45, 2.75) is 63.8 Å². The molecule has 0 fully saturated rings. The first kappa shape index (κ1) is 31.8. The third-order valence-corrected chi connectivity index (χ3v) is 7.14. The van der Waals surface area contributed by atoms with Crippen LogP contribution in [0.1, 0.15) is 48.8 Å². The average molecular weight is 563 g/mol. The lowest BCUT2D eigenvalue weighted by atomic mass is 9.92. The molecule has 2 aromatic rings. The fourth-order valence-corrected chi connectivity index (χ4v) is 4.85. The Hall–Kier alpha value is -3.75. The minimum atomic E-state index is -0.670. The second kappa shape index (κ2) is 17.1. The zero-order chi connectivity index (χ0) is 29.5. The highest BCUT2D eigenvalue weighted by Crippen LogP contribution is 2.25. The summed E-state index contributed by atoms with van der Waals surface area (Å²) in [6, 6.07) is 16.6. The molecular formula is C33H42N2O6. The lowest BCUT2D eigenvalue weighted by Gasteiger charge is -2.36. The molecule has 1 heterocycles. The zero-order valence-electron chi connectivity index (χ0n) is 23.7. The molecule has 2 amide bonds. The molecule has 0 spiro atoms. The number of carbonyl (C=O) groups is 3. The molecular weight excluding hydrogens is 520 g/mol. The standard InChI is InChI=1S/C33H42N2O6/c1-3-5-7-17-32(38)41-24-29(23-40-22-25-13-8-6-9-14-25)34-33(39)27(12-4-2)19-31(37)35-20-28-16-11-10-15-26(28)18-30(35)21-36/h3-4,6,8-11,13-16,27,29-30,36H,1-2,5,7,12,17-24H2,(H,34,39)/t27-,29-,30-/m0/s1. The molecule has 3 rings (SSSR count). The van der Waals surface area contributed by atoms with Crippen molar-refractivity contribution in [3.8, 4) is 0 Å². The molecule has 220 valence electrons. The second-order valence-corrected chi connectivity index (χ2v) is 10.3. The van der Waals surface area contributed by atoms with Crippen LogP contribution >= 0.6 is 0 Å². The van der Waals surface area contributed by atoms with Gasteiger partial charge in [0, 0.05) is 19.4 Å². The van der Waals surface area contributed by atoms with Crippen LogP contribution in [-0.2, 0) is 43.4 Å². The van der Waals surface area contributed by atoms with E-state index in [0.29, 0.717) is 38.8 Å². The Bertz CT molecular complexity index is 1150. The maximum absolute atomic E-state index is 13.4. The monoisotopic (exact) mass is 562 g/mol. The van der Waals surface area contributed by atoms with Crippen molar-refractivity contribution in [3.63, 3.8) is 0 Å². The quantitative estimate of drug-likeness (QED) is 0.171. The van der Waals surface area contributed by atoms with Crippen LogP contribution in [0.3, 0.4) is 0 Å². The SMILES string of the molecule is C=CCCCC(=O)OC[C@H](COCc1ccccc1)NC(=O)[C@@H](CC=C)CC(=O)N1Cc2ccccc2C[C@H]1CO. The lowest BCUT2D eigenvalue weighted by molar-refractivity contribution is -0.146. The van der Waals surface area contributed by atoms with Gasteiger partial charge in [-0.15, -0.1) is 13.2 Å². The third kappa shape index (κ3) is 10.3. The number of benzene rings is 2. The number of nitrogens with one attached hydrogen (secondary N) is 1. The topological polar surface area (TPSA) is 105 Å². The molecule has 0 saturated heterocycles. The number of hydrogen-bond acceptors (Lipinski definition) is 6. The summed E-state index contributed by atoms with van der Waals surface area (Å²) >= 11 is 0. The molecule has 2 aromatic carbocycles. The summed E-state index contributed by atoms with van der Waals surface area (Å²) in [4.78, 5) is 40.7. The van der Waals surface area contributed by atoms with Crippen LogP contribution in [0.4, 0.5) is 0 Å². The van der Waals surface area contributed by atoms with Gasteiger partial charge in [-0.1, -0.05) is 66.7 Å². The number of esters is 1. The van der Waals surface area contributed by atoms with Crippen LogP contribution in [0.15, 0.2) is 79.9 Å². The van der Waals surface area contributed by atoms with Gasteiger partial charge in [-0.25, -0.2) is 0 Å². The van der Waals surface area contributed by atoms with E-state index in [1.807, 2.05) is 54.6 Å². The number of amides is 2. The molecule has 8 nitrogen and oxygen atoms in total. The number of nitrogens with zero attached hydrogens (tertiary/aromatic N) is 1. The van der Waals surface area contributed by atoms with Crippen LogP contribution < -0.4 is 5.32 Å². The minimum absolute atomic E-state index is 0.0323. The Labute approximate surface area is 243 Å². The van der Waals surface area contributed by atoms with Gasteiger partial charge in [0.05, 0.1) is 37.8 Å². The first-order chi connectivity index (χ1) is 19.9. The van der Waals surface area contributed by atoms with E-state index in [1.165, 1.54) is 0 Å². The smallest absolute Gasteiger partial charge is 0.305 e. The molecule has 1 aliphatic rings. The van der Waals surface area contributed by atoms with E-state index < -0.39 is 12.0 Å². The number of rotatable bonds is 17. The molecule has 0 unspecified atom stereocenters. The summed E-state index contributed by atoms with van der Waals surface area (Å²) in [6.45, 7) is 8.10. The van der Waals surface area contributed by atoms with Gasteiger partial charge >= 0.3 is 5.97 Å². The number of hydrogen-bond donors (Lipinski definition) is 2. The van der Waals surface area contributed by atoms with E-state index in [1.54, 1.807) is 17.1 Å². The van der Waals surface area contributed by atoms with Crippen molar-refractivity contribution in [2.24, 2.45) is 5.92 Å². The Morgan fingerprint density at radius 1 is 1.02 bits per heavy atom. The van der Waals surface area contributed by atoms with E-state index in [9.17, 15) is 19.5 Å². The predicted molar refractivity (Wildman–Crippen MR) is 158 cm³/mol. The van der Waals surface area contributed by atoms with Crippen molar-refractivity contribution in [1.82, 2.24) is 10.2 Å². The number of aliphatic hydroxyl groups is 1. The van der Waals surface area contributed by atoms with Crippen LogP contribution in [0, 0.1) is 5.92 Å². The van der Waals surface area contributed by atoms with Crippen molar-refractivity contribution in [3.05, 3.63) is 96.6 Å². The summed E-state index contributed by atoms with van der Waals surface area (Å²) in [5.74, 6) is -1.57. The number of allylic oxidation sites excluding steroid dienone is 2. The van der Waals surface area contributed by atoms with Gasteiger partial charge in [-0.05, 0) is 42.4 Å². The summed E-state index contributed by atoms with van der Waals surface area (Å²) in [5.41, 5.74) is 3.14. The molecule has 1 aliphatic heterocycles. The Balaban J connectivity index is 1.63. The molecule has 0 saturated carbocycles. The van der Waals surface area contributed by atoms with Crippen molar-refractivity contribution in [2.75, 3.05) is 19.8 Å². The fourth-order valence-electron chi connectivity index (χ4n) is 4.85. The van der Waals surface area contributed by atoms with Gasteiger partial charge in [0.25, 0.3) is 0 Å². The Morgan fingerprint density at radius 3 is 2.46 bits per heavy atom. The van der Waals surface area contributed by atoms with Crippen molar-refractivity contribution < 1.29 is 29.0 Å². The highest BCUT2D eigenvalue weighted by Gasteiger charge is 2.32. The molecule has 0 radical (unpaired) electrons. The predicted octanol–water partition coefficient (Wildman–Crippen LogP) is 4.12. The van der Waals surface area contributed by atoms with Crippen molar-refractivity contribution in [1.29, 1.82) is 0 Å². The number of unbranched alkanes of at least 4 members (excludes halogenated alkanes) is 1. The lowest BCUT2D eigenvalue weighted by Crippen LogP contribution is -2.49. The molecule has 0 aliphatic carbocycles. The third-order valence-electron chi connectivity index (χ3n) is 7.14. The maximum Gasteiger partial charge on any atom is 0.305 e. The van der Waals surface area contributed by atoms with Crippen LogP contribution in [0.25, 0.3) is 0 Å². The number of fused-ring (bicyclic) bond motifs is 1. The summed E-state index contributed by atoms with van der Waals surface area (Å²) < 4.78 is 11.3. The van der Waals surface area contributed by atoms with Gasteiger partial charge in [-0.3, -0.25) is 14.4 Å². The van der Waals surface area contributed by atoms with Crippen LogP contribution in [-0.4, -0.2) is 59.7 Å². The van der Waals surface area contributed by atoms with Gasteiger partial charge in [-0.2, -0.15) is 0 Å². The maximum atomic E-state index is 13.4. The second-order valence-electron chi connectivity index (χ2n) is 10.3. The molecule has 0 bridgehead atoms. The summed E-state index contributed by atoms with van der Waals surface area (Å²) in [5, 5.41) is 12.9. The fraction of sp³-hybridized carbons (Fsp3) is 0.424. The number of ether oxygens (including phenoxy) is 2. The normalized spacial score (nSPS) is 15.7. The highest BCUT2D eigenvalue weighted by molar-refractivity contribution is 5.86. The molecule has 2 N–H and O–H groups in total. The largest absolute Gasteiger partial charge is 0.463 e. The van der Waals surface area contributed by atoms with Gasteiger partial charge in [0.1, 0.15) is 6.61 Å². The van der Waals surface area contributed by atoms with Gasteiger partial charge in [0.15, 0.2) is 0 Å².